The summed E-state index contributed by atoms with van der Waals surface area (Å²) in [6, 6.07) is 14.3. The number of carbonyl (C=O) groups excluding carboxylic acids is 2. The van der Waals surface area contributed by atoms with Crippen LogP contribution in [0.1, 0.15) is 23.0 Å². The van der Waals surface area contributed by atoms with E-state index in [9.17, 15) is 9.59 Å². The van der Waals surface area contributed by atoms with E-state index < -0.39 is 0 Å². The molecule has 0 radical (unpaired) electrons. The van der Waals surface area contributed by atoms with E-state index in [1.54, 1.807) is 35.6 Å². The van der Waals surface area contributed by atoms with Gasteiger partial charge >= 0.3 is 0 Å². The van der Waals surface area contributed by atoms with Crippen LogP contribution in [-0.2, 0) is 4.79 Å². The lowest BCUT2D eigenvalue weighted by atomic mass is 10.1. The summed E-state index contributed by atoms with van der Waals surface area (Å²) in [5.74, 6) is 0.271. The van der Waals surface area contributed by atoms with Gasteiger partial charge < -0.3 is 10.1 Å². The number of nitrogens with zero attached hydrogens (tertiary/aromatic N) is 1. The number of nitrogens with one attached hydrogen (secondary N) is 1. The van der Waals surface area contributed by atoms with Crippen LogP contribution in [0.3, 0.4) is 0 Å². The van der Waals surface area contributed by atoms with Gasteiger partial charge in [-0.3, -0.25) is 9.59 Å². The molecule has 132 valence electrons. The molecule has 0 saturated carbocycles. The van der Waals surface area contributed by atoms with Crippen LogP contribution < -0.4 is 10.1 Å². The van der Waals surface area contributed by atoms with Crippen molar-refractivity contribution in [1.29, 1.82) is 0 Å². The van der Waals surface area contributed by atoms with Crippen LogP contribution in [0.4, 0.5) is 5.69 Å². The number of ketones is 1. The number of aromatic nitrogens is 1. The SMILES string of the molecule is CC(=O)c1cccc(NC(=O)COc2ccc(-c3nc(C)cs3)cc2)c1. The van der Waals surface area contributed by atoms with Gasteiger partial charge in [0.1, 0.15) is 10.8 Å². The summed E-state index contributed by atoms with van der Waals surface area (Å²) in [6.45, 7) is 3.34. The Bertz CT molecular complexity index is 932. The van der Waals surface area contributed by atoms with Gasteiger partial charge in [0, 0.05) is 27.9 Å². The molecule has 5 nitrogen and oxygen atoms in total. The third-order valence-corrected chi connectivity index (χ3v) is 4.65. The van der Waals surface area contributed by atoms with E-state index in [2.05, 4.69) is 10.3 Å². The monoisotopic (exact) mass is 366 g/mol. The van der Waals surface area contributed by atoms with Gasteiger partial charge in [0.15, 0.2) is 12.4 Å². The van der Waals surface area contributed by atoms with Gasteiger partial charge in [-0.1, -0.05) is 12.1 Å². The first kappa shape index (κ1) is 17.8. The Kier molecular flexibility index (Phi) is 5.43. The Hall–Kier alpha value is -2.99. The second-order valence-electron chi connectivity index (χ2n) is 5.79. The molecule has 0 aliphatic rings. The fourth-order valence-electron chi connectivity index (χ4n) is 2.34. The summed E-state index contributed by atoms with van der Waals surface area (Å²) in [6.07, 6.45) is 0. The van der Waals surface area contributed by atoms with E-state index in [0.29, 0.717) is 17.0 Å². The molecule has 0 saturated heterocycles. The Morgan fingerprint density at radius 3 is 2.58 bits per heavy atom. The average molecular weight is 366 g/mol. The van der Waals surface area contributed by atoms with Gasteiger partial charge in [-0.15, -0.1) is 11.3 Å². The highest BCUT2D eigenvalue weighted by Gasteiger charge is 2.07. The molecule has 0 fully saturated rings. The zero-order valence-electron chi connectivity index (χ0n) is 14.5. The van der Waals surface area contributed by atoms with Crippen LogP contribution in [-0.4, -0.2) is 23.3 Å². The van der Waals surface area contributed by atoms with Gasteiger partial charge in [-0.2, -0.15) is 0 Å². The number of ether oxygens (including phenoxy) is 1. The molecule has 1 amide bonds. The predicted octanol–water partition coefficient (Wildman–Crippen LogP) is 4.34. The average Bonchev–Trinajstić information content (AvgIpc) is 3.07. The third kappa shape index (κ3) is 4.55. The van der Waals surface area contributed by atoms with Crippen molar-refractivity contribution in [1.82, 2.24) is 4.98 Å². The lowest BCUT2D eigenvalue weighted by Gasteiger charge is -2.08. The van der Waals surface area contributed by atoms with E-state index in [-0.39, 0.29) is 18.3 Å². The molecule has 0 bridgehead atoms. The number of aryl methyl sites for hydroxylation is 1. The zero-order chi connectivity index (χ0) is 18.5. The first-order valence-electron chi connectivity index (χ1n) is 8.07. The van der Waals surface area contributed by atoms with E-state index in [1.165, 1.54) is 6.92 Å². The summed E-state index contributed by atoms with van der Waals surface area (Å²) < 4.78 is 5.52. The molecule has 3 aromatic rings. The van der Waals surface area contributed by atoms with Crippen molar-refractivity contribution in [2.75, 3.05) is 11.9 Å². The zero-order valence-corrected chi connectivity index (χ0v) is 15.3. The van der Waals surface area contributed by atoms with Crippen LogP contribution in [0.2, 0.25) is 0 Å². The molecule has 0 aliphatic heterocycles. The van der Waals surface area contributed by atoms with Gasteiger partial charge in [-0.05, 0) is 50.2 Å². The lowest BCUT2D eigenvalue weighted by Crippen LogP contribution is -2.20. The van der Waals surface area contributed by atoms with Crippen LogP contribution in [0.15, 0.2) is 53.9 Å². The number of carbonyl (C=O) groups is 2. The highest BCUT2D eigenvalue weighted by molar-refractivity contribution is 7.13. The number of amides is 1. The quantitative estimate of drug-likeness (QED) is 0.659. The van der Waals surface area contributed by atoms with E-state index in [1.807, 2.05) is 36.6 Å². The fourth-order valence-corrected chi connectivity index (χ4v) is 3.15. The largest absolute Gasteiger partial charge is 0.484 e. The highest BCUT2D eigenvalue weighted by Crippen LogP contribution is 2.25. The topological polar surface area (TPSA) is 68.3 Å². The summed E-state index contributed by atoms with van der Waals surface area (Å²) in [7, 11) is 0. The van der Waals surface area contributed by atoms with Crippen LogP contribution in [0.5, 0.6) is 5.75 Å². The second kappa shape index (κ2) is 7.93. The maximum Gasteiger partial charge on any atom is 0.262 e. The minimum absolute atomic E-state index is 0.0483. The summed E-state index contributed by atoms with van der Waals surface area (Å²) in [5.41, 5.74) is 3.13. The third-order valence-electron chi connectivity index (χ3n) is 3.64. The number of anilines is 1. The molecule has 6 heteroatoms. The van der Waals surface area contributed by atoms with Crippen LogP contribution in [0.25, 0.3) is 10.6 Å². The normalized spacial score (nSPS) is 10.4. The maximum absolute atomic E-state index is 12.0. The van der Waals surface area contributed by atoms with Crippen LogP contribution >= 0.6 is 11.3 Å². The highest BCUT2D eigenvalue weighted by atomic mass is 32.1. The molecule has 1 aromatic heterocycles. The number of benzene rings is 2. The molecule has 26 heavy (non-hydrogen) atoms. The van der Waals surface area contributed by atoms with Crippen molar-refractivity contribution in [3.8, 4) is 16.3 Å². The summed E-state index contributed by atoms with van der Waals surface area (Å²) >= 11 is 1.59. The van der Waals surface area contributed by atoms with Crippen molar-refractivity contribution in [2.24, 2.45) is 0 Å². The van der Waals surface area contributed by atoms with Gasteiger partial charge in [0.05, 0.1) is 0 Å². The number of hydrogen-bond acceptors (Lipinski definition) is 5. The molecule has 0 unspecified atom stereocenters. The number of Topliss-reactive ketones (excluding diaryl/α,β-unsaturated/α-hetero) is 1. The lowest BCUT2D eigenvalue weighted by molar-refractivity contribution is -0.118. The molecular formula is C20H18N2O3S. The maximum atomic E-state index is 12.0. The van der Waals surface area contributed by atoms with Gasteiger partial charge in [-0.25, -0.2) is 4.98 Å². The predicted molar refractivity (Wildman–Crippen MR) is 103 cm³/mol. The van der Waals surface area contributed by atoms with Crippen LogP contribution in [0, 0.1) is 6.92 Å². The number of hydrogen-bond donors (Lipinski definition) is 1. The van der Waals surface area contributed by atoms with Crippen molar-refractivity contribution < 1.29 is 14.3 Å². The molecule has 0 aliphatic carbocycles. The van der Waals surface area contributed by atoms with Gasteiger partial charge in [0.2, 0.25) is 0 Å². The van der Waals surface area contributed by atoms with Gasteiger partial charge in [0.25, 0.3) is 5.91 Å². The molecule has 0 spiro atoms. The van der Waals surface area contributed by atoms with Crippen molar-refractivity contribution in [2.45, 2.75) is 13.8 Å². The first-order valence-corrected chi connectivity index (χ1v) is 8.95. The Labute approximate surface area is 155 Å². The smallest absolute Gasteiger partial charge is 0.262 e. The minimum Gasteiger partial charge on any atom is -0.484 e. The second-order valence-corrected chi connectivity index (χ2v) is 6.65. The summed E-state index contributed by atoms with van der Waals surface area (Å²) in [5, 5.41) is 5.68. The number of rotatable bonds is 6. The molecular weight excluding hydrogens is 348 g/mol. The number of thiazole rings is 1. The Morgan fingerprint density at radius 2 is 1.92 bits per heavy atom. The molecule has 3 rings (SSSR count). The molecule has 0 atom stereocenters. The standard InChI is InChI=1S/C20H18N2O3S/c1-13-12-26-20(21-13)15-6-8-18(9-7-15)25-11-19(24)22-17-5-3-4-16(10-17)14(2)23/h3-10,12H,11H2,1-2H3,(H,22,24). The molecule has 2 aromatic carbocycles. The summed E-state index contributed by atoms with van der Waals surface area (Å²) in [4.78, 5) is 27.9. The van der Waals surface area contributed by atoms with E-state index in [4.69, 9.17) is 4.74 Å². The van der Waals surface area contributed by atoms with Crippen molar-refractivity contribution >= 4 is 28.7 Å². The first-order chi connectivity index (χ1) is 12.5. The Morgan fingerprint density at radius 1 is 1.15 bits per heavy atom. The van der Waals surface area contributed by atoms with Crippen molar-refractivity contribution in [3.63, 3.8) is 0 Å². The molecule has 1 N–H and O–H groups in total. The fraction of sp³-hybridized carbons (Fsp3) is 0.150. The minimum atomic E-state index is -0.287. The van der Waals surface area contributed by atoms with E-state index in [0.717, 1.165) is 16.3 Å². The van der Waals surface area contributed by atoms with E-state index >= 15 is 0 Å². The Balaban J connectivity index is 1.56. The van der Waals surface area contributed by atoms with Crippen molar-refractivity contribution in [3.05, 3.63) is 65.2 Å². The molecule has 1 heterocycles.